The van der Waals surface area contributed by atoms with Gasteiger partial charge in [-0.2, -0.15) is 4.98 Å². The van der Waals surface area contributed by atoms with Gasteiger partial charge in [-0.25, -0.2) is 4.98 Å². The summed E-state index contributed by atoms with van der Waals surface area (Å²) >= 11 is 0. The fourth-order valence-corrected chi connectivity index (χ4v) is 1.87. The van der Waals surface area contributed by atoms with Gasteiger partial charge >= 0.3 is 0 Å². The van der Waals surface area contributed by atoms with Gasteiger partial charge < -0.3 is 9.15 Å². The molecule has 0 bridgehead atoms. The van der Waals surface area contributed by atoms with Gasteiger partial charge in [-0.15, -0.1) is 0 Å². The molecule has 0 saturated carbocycles. The molecule has 90 valence electrons. The molecule has 2 heterocycles. The number of nitrogens with zero attached hydrogens (tertiary/aromatic N) is 2. The number of oxazole rings is 1. The van der Waals surface area contributed by atoms with Gasteiger partial charge in [0.2, 0.25) is 0 Å². The monoisotopic (exact) mass is 240 g/mol. The predicted octanol–water partition coefficient (Wildman–Crippen LogP) is 3.21. The summed E-state index contributed by atoms with van der Waals surface area (Å²) in [5.41, 5.74) is 3.19. The smallest absolute Gasteiger partial charge is 0.199 e. The Balaban J connectivity index is 2.12. The molecule has 1 aromatic carbocycles. The van der Waals surface area contributed by atoms with Crippen LogP contribution in [0.2, 0.25) is 0 Å². The lowest BCUT2D eigenvalue weighted by Gasteiger charge is -2.03. The lowest BCUT2D eigenvalue weighted by Crippen LogP contribution is -1.87. The molecular weight excluding hydrogens is 228 g/mol. The summed E-state index contributed by atoms with van der Waals surface area (Å²) in [5.74, 6) is 1.44. The second-order valence-electron chi connectivity index (χ2n) is 3.98. The van der Waals surface area contributed by atoms with Crippen LogP contribution in [0.5, 0.6) is 5.75 Å². The fraction of sp³-hybridized carbons (Fsp3) is 0.143. The van der Waals surface area contributed by atoms with Crippen molar-refractivity contribution in [3.63, 3.8) is 0 Å². The summed E-state index contributed by atoms with van der Waals surface area (Å²) < 4.78 is 10.6. The van der Waals surface area contributed by atoms with Crippen molar-refractivity contribution >= 4 is 11.2 Å². The van der Waals surface area contributed by atoms with Crippen LogP contribution in [-0.2, 0) is 0 Å². The molecular formula is C14H12N2O2. The zero-order chi connectivity index (χ0) is 12.5. The number of ether oxygens (including phenoxy) is 1. The van der Waals surface area contributed by atoms with Crippen LogP contribution in [-0.4, -0.2) is 17.1 Å². The van der Waals surface area contributed by atoms with E-state index in [1.165, 1.54) is 0 Å². The molecule has 0 aliphatic rings. The average Bonchev–Trinajstić information content (AvgIpc) is 2.77. The van der Waals surface area contributed by atoms with Crippen molar-refractivity contribution in [2.45, 2.75) is 6.92 Å². The largest absolute Gasteiger partial charge is 0.497 e. The summed E-state index contributed by atoms with van der Waals surface area (Å²) in [6, 6.07) is 11.6. The van der Waals surface area contributed by atoms with Crippen LogP contribution in [0.25, 0.3) is 22.5 Å². The summed E-state index contributed by atoms with van der Waals surface area (Å²) in [6.45, 7) is 1.81. The van der Waals surface area contributed by atoms with Crippen LogP contribution in [0.4, 0.5) is 0 Å². The molecule has 0 amide bonds. The van der Waals surface area contributed by atoms with Crippen molar-refractivity contribution in [2.75, 3.05) is 7.11 Å². The average molecular weight is 240 g/mol. The van der Waals surface area contributed by atoms with Crippen LogP contribution in [0.3, 0.4) is 0 Å². The number of methoxy groups -OCH3 is 1. The molecule has 0 N–H and O–H groups in total. The molecule has 3 rings (SSSR count). The number of rotatable bonds is 2. The Kier molecular flexibility index (Phi) is 2.48. The molecule has 2 aromatic heterocycles. The Labute approximate surface area is 104 Å². The van der Waals surface area contributed by atoms with Crippen molar-refractivity contribution in [3.8, 4) is 17.0 Å². The minimum absolute atomic E-state index is 0.625. The Morgan fingerprint density at radius 3 is 2.83 bits per heavy atom. The lowest BCUT2D eigenvalue weighted by atomic mass is 10.1. The maximum absolute atomic E-state index is 5.41. The van der Waals surface area contributed by atoms with Gasteiger partial charge in [-0.3, -0.25) is 0 Å². The number of fused-ring (bicyclic) bond motifs is 1. The normalized spacial score (nSPS) is 10.8. The third-order valence-electron chi connectivity index (χ3n) is 2.73. The number of pyridine rings is 1. The zero-order valence-corrected chi connectivity index (χ0v) is 10.2. The molecule has 0 saturated heterocycles. The second kappa shape index (κ2) is 4.14. The Morgan fingerprint density at radius 2 is 2.00 bits per heavy atom. The summed E-state index contributed by atoms with van der Waals surface area (Å²) in [6.07, 6.45) is 0. The first kappa shape index (κ1) is 10.8. The molecule has 18 heavy (non-hydrogen) atoms. The molecule has 0 aliphatic carbocycles. The Morgan fingerprint density at radius 1 is 1.11 bits per heavy atom. The van der Waals surface area contributed by atoms with E-state index in [-0.39, 0.29) is 0 Å². The maximum Gasteiger partial charge on any atom is 0.199 e. The van der Waals surface area contributed by atoms with Gasteiger partial charge in [0, 0.05) is 12.5 Å². The first-order chi connectivity index (χ1) is 8.76. The van der Waals surface area contributed by atoms with Gasteiger partial charge in [-0.05, 0) is 24.3 Å². The maximum atomic E-state index is 5.41. The number of benzene rings is 1. The van der Waals surface area contributed by atoms with E-state index >= 15 is 0 Å². The van der Waals surface area contributed by atoms with E-state index in [0.29, 0.717) is 17.1 Å². The van der Waals surface area contributed by atoms with Crippen molar-refractivity contribution in [1.82, 2.24) is 9.97 Å². The highest BCUT2D eigenvalue weighted by Gasteiger charge is 2.06. The number of aryl methyl sites for hydroxylation is 1. The Hall–Kier alpha value is -2.36. The molecule has 0 fully saturated rings. The van der Waals surface area contributed by atoms with Gasteiger partial charge in [0.15, 0.2) is 17.1 Å². The van der Waals surface area contributed by atoms with Gasteiger partial charge in [0.1, 0.15) is 5.75 Å². The zero-order valence-electron chi connectivity index (χ0n) is 10.2. The highest BCUT2D eigenvalue weighted by molar-refractivity contribution is 5.73. The minimum Gasteiger partial charge on any atom is -0.497 e. The number of hydrogen-bond acceptors (Lipinski definition) is 4. The predicted molar refractivity (Wildman–Crippen MR) is 68.5 cm³/mol. The third-order valence-corrected chi connectivity index (χ3v) is 2.73. The first-order valence-corrected chi connectivity index (χ1v) is 5.65. The van der Waals surface area contributed by atoms with E-state index in [4.69, 9.17) is 9.15 Å². The summed E-state index contributed by atoms with van der Waals surface area (Å²) in [7, 11) is 1.65. The molecule has 0 atom stereocenters. The molecule has 4 heteroatoms. The van der Waals surface area contributed by atoms with Gasteiger partial charge in [0.25, 0.3) is 0 Å². The quantitative estimate of drug-likeness (QED) is 0.690. The topological polar surface area (TPSA) is 48.2 Å². The van der Waals surface area contributed by atoms with E-state index in [9.17, 15) is 0 Å². The molecule has 0 unspecified atom stereocenters. The van der Waals surface area contributed by atoms with Crippen molar-refractivity contribution in [3.05, 3.63) is 42.3 Å². The minimum atomic E-state index is 0.625. The van der Waals surface area contributed by atoms with Crippen LogP contribution in [0, 0.1) is 6.92 Å². The number of aromatic nitrogens is 2. The first-order valence-electron chi connectivity index (χ1n) is 5.65. The highest BCUT2D eigenvalue weighted by atomic mass is 16.5. The molecule has 0 aliphatic heterocycles. The van der Waals surface area contributed by atoms with E-state index < -0.39 is 0 Å². The van der Waals surface area contributed by atoms with E-state index in [0.717, 1.165) is 17.0 Å². The van der Waals surface area contributed by atoms with Crippen molar-refractivity contribution < 1.29 is 9.15 Å². The standard InChI is InChI=1S/C14H12N2O2/c1-9-15-14-13(18-9)7-6-12(16-14)10-4-3-5-11(8-10)17-2/h3-8H,1-2H3. The highest BCUT2D eigenvalue weighted by Crippen LogP contribution is 2.24. The van der Waals surface area contributed by atoms with E-state index in [1.54, 1.807) is 7.11 Å². The van der Waals surface area contributed by atoms with Crippen LogP contribution in [0.15, 0.2) is 40.8 Å². The molecule has 4 nitrogen and oxygen atoms in total. The molecule has 3 aromatic rings. The SMILES string of the molecule is COc1cccc(-c2ccc3oc(C)nc3n2)c1. The lowest BCUT2D eigenvalue weighted by molar-refractivity contribution is 0.415. The summed E-state index contributed by atoms with van der Waals surface area (Å²) in [5, 5.41) is 0. The van der Waals surface area contributed by atoms with Crippen LogP contribution < -0.4 is 4.74 Å². The van der Waals surface area contributed by atoms with Gasteiger partial charge in [-0.1, -0.05) is 12.1 Å². The molecule has 0 radical (unpaired) electrons. The fourth-order valence-electron chi connectivity index (χ4n) is 1.87. The molecule has 0 spiro atoms. The van der Waals surface area contributed by atoms with Crippen molar-refractivity contribution in [2.24, 2.45) is 0 Å². The van der Waals surface area contributed by atoms with Gasteiger partial charge in [0.05, 0.1) is 12.8 Å². The number of hydrogen-bond donors (Lipinski definition) is 0. The van der Waals surface area contributed by atoms with Crippen molar-refractivity contribution in [1.29, 1.82) is 0 Å². The Bertz CT molecular complexity index is 704. The third kappa shape index (κ3) is 1.82. The summed E-state index contributed by atoms with van der Waals surface area (Å²) in [4.78, 5) is 8.71. The van der Waals surface area contributed by atoms with E-state index in [2.05, 4.69) is 9.97 Å². The van der Waals surface area contributed by atoms with E-state index in [1.807, 2.05) is 43.3 Å². The second-order valence-corrected chi connectivity index (χ2v) is 3.98. The van der Waals surface area contributed by atoms with Crippen LogP contribution in [0.1, 0.15) is 5.89 Å². The van der Waals surface area contributed by atoms with Crippen LogP contribution >= 0.6 is 0 Å².